The minimum atomic E-state index is -1.79. The van der Waals surface area contributed by atoms with Gasteiger partial charge in [-0.25, -0.2) is 13.7 Å². The SMILES string of the molecule is Cc1cc(C)c(C)c(-c2c3ccc([Si](C)(C(C)(C)C)C(C)(C)C)cc3cc[n+]2C)c1.Cc1ccc(C)c(-c2c3ccc([Si](C)(C(C)(C)C)C(C)(C)C)cc3cc[n+]2C)c1.Cc1ccccc1-c1c2ccc([Si](C)(C(C)(C)C)C(C)(C)C)cc2cc[n+]1C. The summed E-state index contributed by atoms with van der Waals surface area (Å²) in [4.78, 5) is 0. The standard InChI is InChI=1S/C28H40NSi.C27H38NSi.C26H36NSi/c1-19-16-20(2)21(3)25(17-19)26-24-13-12-23(18-22(24)14-15-29(26)10)30(11,27(4,5)6)28(7,8)9;1-19-11-12-20(2)24(17-19)25-23-14-13-22(18-21(23)15-16-28(25)9)29(10,26(3,4)5)27(6,7)8;1-19-12-10-11-13-22(19)24-23-15-14-21(18-20(23)16-17-27(24)8)28(9,25(2,3)4)26(5,6)7/h12-18H,1-11H3;11-18H,1-10H3;10-18H,1-9H3/q3*+1. The van der Waals surface area contributed by atoms with Gasteiger partial charge >= 0.3 is 0 Å². The third-order valence-corrected chi connectivity index (χ3v) is 44.7. The van der Waals surface area contributed by atoms with Gasteiger partial charge in [-0.15, -0.1) is 0 Å². The van der Waals surface area contributed by atoms with Crippen molar-refractivity contribution in [3.63, 3.8) is 0 Å². The number of benzene rings is 6. The van der Waals surface area contributed by atoms with Crippen molar-refractivity contribution in [1.29, 1.82) is 0 Å². The van der Waals surface area contributed by atoms with Crippen molar-refractivity contribution in [1.82, 2.24) is 0 Å². The Morgan fingerprint density at radius 3 is 0.943 bits per heavy atom. The molecule has 0 bridgehead atoms. The first-order valence-corrected chi connectivity index (χ1v) is 39.8. The topological polar surface area (TPSA) is 11.6 Å². The van der Waals surface area contributed by atoms with Gasteiger partial charge in [0.1, 0.15) is 21.1 Å². The van der Waals surface area contributed by atoms with E-state index in [-0.39, 0.29) is 30.2 Å². The Morgan fingerprint density at radius 1 is 0.287 bits per heavy atom. The number of aromatic nitrogens is 3. The molecule has 0 spiro atoms. The number of hydrogen-bond acceptors (Lipinski definition) is 0. The predicted molar refractivity (Wildman–Crippen MR) is 392 cm³/mol. The van der Waals surface area contributed by atoms with E-state index in [1.54, 1.807) is 15.6 Å². The highest BCUT2D eigenvalue weighted by molar-refractivity contribution is 6.96. The van der Waals surface area contributed by atoms with Crippen molar-refractivity contribution in [3.05, 3.63) is 179 Å². The molecule has 0 fully saturated rings. The molecule has 9 aromatic rings. The summed E-state index contributed by atoms with van der Waals surface area (Å²) in [5.74, 6) is 0. The number of hydrogen-bond donors (Lipinski definition) is 0. The molecule has 3 aromatic heterocycles. The summed E-state index contributed by atoms with van der Waals surface area (Å²) in [6.45, 7) is 64.7. The van der Waals surface area contributed by atoms with Crippen molar-refractivity contribution < 1.29 is 13.7 Å². The Morgan fingerprint density at radius 2 is 0.598 bits per heavy atom. The van der Waals surface area contributed by atoms with Gasteiger partial charge in [-0.2, -0.15) is 0 Å². The first kappa shape index (κ1) is 68.7. The van der Waals surface area contributed by atoms with E-state index in [0.29, 0.717) is 0 Å². The minimum Gasteiger partial charge on any atom is -0.200 e. The highest BCUT2D eigenvalue weighted by Crippen LogP contribution is 2.53. The minimum absolute atomic E-state index is 0.283. The van der Waals surface area contributed by atoms with Crippen LogP contribution in [-0.2, 0) is 21.1 Å². The summed E-state index contributed by atoms with van der Waals surface area (Å²) in [6, 6.07) is 48.8. The molecule has 0 atom stereocenters. The summed E-state index contributed by atoms with van der Waals surface area (Å²) in [6.07, 6.45) is 6.66. The van der Waals surface area contributed by atoms with E-state index in [2.05, 4.69) is 367 Å². The second kappa shape index (κ2) is 24.2. The van der Waals surface area contributed by atoms with Crippen LogP contribution in [0.15, 0.2) is 146 Å². The Kier molecular flexibility index (Phi) is 19.1. The summed E-state index contributed by atoms with van der Waals surface area (Å²) >= 11 is 0. The van der Waals surface area contributed by atoms with Gasteiger partial charge in [0.2, 0.25) is 17.1 Å². The molecule has 0 saturated heterocycles. The molecule has 0 aliphatic heterocycles. The van der Waals surface area contributed by atoms with Gasteiger partial charge in [-0.05, 0) is 147 Å². The molecule has 3 heterocycles. The summed E-state index contributed by atoms with van der Waals surface area (Å²) < 4.78 is 6.82. The first-order chi connectivity index (χ1) is 39.8. The van der Waals surface area contributed by atoms with Gasteiger partial charge in [0, 0.05) is 29.3 Å². The predicted octanol–water partition coefficient (Wildman–Crippen LogP) is 20.5. The van der Waals surface area contributed by atoms with Gasteiger partial charge in [0.05, 0.1) is 45.9 Å². The highest BCUT2D eigenvalue weighted by Gasteiger charge is 2.52. The lowest BCUT2D eigenvalue weighted by molar-refractivity contribution is -0.659. The summed E-state index contributed by atoms with van der Waals surface area (Å²) in [7, 11) is 1.13. The van der Waals surface area contributed by atoms with E-state index < -0.39 is 24.2 Å². The Hall–Kier alpha value is -5.80. The lowest BCUT2D eigenvalue weighted by Crippen LogP contribution is -2.58. The fraction of sp³-hybridized carbons (Fsp3) is 0.444. The van der Waals surface area contributed by atoms with E-state index in [4.69, 9.17) is 0 Å². The first-order valence-electron chi connectivity index (χ1n) is 32.3. The van der Waals surface area contributed by atoms with E-state index in [1.807, 2.05) is 0 Å². The van der Waals surface area contributed by atoms with Crippen LogP contribution in [0, 0.1) is 41.5 Å². The van der Waals surface area contributed by atoms with Crippen molar-refractivity contribution in [2.45, 2.75) is 216 Å². The van der Waals surface area contributed by atoms with Gasteiger partial charge in [0.15, 0.2) is 18.6 Å². The van der Waals surface area contributed by atoms with Crippen molar-refractivity contribution in [3.8, 4) is 33.8 Å². The normalized spacial score (nSPS) is 13.2. The Labute approximate surface area is 532 Å². The monoisotopic (exact) mass is 1210 g/mol. The third-order valence-electron chi connectivity index (χ3n) is 22.3. The van der Waals surface area contributed by atoms with Crippen LogP contribution in [0.1, 0.15) is 158 Å². The Bertz CT molecular complexity index is 3980. The smallest absolute Gasteiger partial charge is 0.200 e. The molecule has 0 radical (unpaired) electrons. The molecule has 0 aliphatic carbocycles. The average molecular weight is 1210 g/mol. The molecule has 6 heteroatoms. The molecular formula is C81H114N3Si3+3. The number of aryl methyl sites for hydroxylation is 8. The van der Waals surface area contributed by atoms with Crippen LogP contribution in [0.4, 0.5) is 0 Å². The maximum Gasteiger partial charge on any atom is 0.220 e. The maximum absolute atomic E-state index is 2.58. The van der Waals surface area contributed by atoms with E-state index >= 15 is 0 Å². The highest BCUT2D eigenvalue weighted by atomic mass is 28.3. The molecule has 0 aliphatic rings. The van der Waals surface area contributed by atoms with Gasteiger partial charge in [-0.1, -0.05) is 244 Å². The molecule has 462 valence electrons. The van der Waals surface area contributed by atoms with E-state index in [0.717, 1.165) is 0 Å². The third kappa shape index (κ3) is 12.7. The lowest BCUT2D eigenvalue weighted by Gasteiger charge is -2.50. The van der Waals surface area contributed by atoms with Crippen LogP contribution in [-0.4, -0.2) is 24.2 Å². The molecule has 9 rings (SSSR count). The quantitative estimate of drug-likeness (QED) is 0.116. The second-order valence-electron chi connectivity index (χ2n) is 33.0. The fourth-order valence-corrected chi connectivity index (χ4v) is 29.7. The fourth-order valence-electron chi connectivity index (χ4n) is 15.1. The van der Waals surface area contributed by atoms with E-state index in [1.165, 1.54) is 99.5 Å². The van der Waals surface area contributed by atoms with Crippen molar-refractivity contribution >= 4 is 72.1 Å². The van der Waals surface area contributed by atoms with E-state index in [9.17, 15) is 0 Å². The van der Waals surface area contributed by atoms with Crippen LogP contribution < -0.4 is 29.3 Å². The maximum atomic E-state index is 2.58. The largest absolute Gasteiger partial charge is 0.220 e. The molecule has 87 heavy (non-hydrogen) atoms. The molecule has 0 amide bonds. The van der Waals surface area contributed by atoms with Gasteiger partial charge < -0.3 is 0 Å². The number of nitrogens with zero attached hydrogens (tertiary/aromatic N) is 3. The molecule has 3 nitrogen and oxygen atoms in total. The molecule has 0 N–H and O–H groups in total. The van der Waals surface area contributed by atoms with Crippen LogP contribution in [0.5, 0.6) is 0 Å². The average Bonchev–Trinajstić information content (AvgIpc) is 0.774. The number of rotatable bonds is 6. The zero-order chi connectivity index (χ0) is 65.3. The van der Waals surface area contributed by atoms with Crippen molar-refractivity contribution in [2.75, 3.05) is 0 Å². The van der Waals surface area contributed by atoms with Crippen LogP contribution in [0.25, 0.3) is 66.1 Å². The summed E-state index contributed by atoms with van der Waals surface area (Å²) in [5.41, 5.74) is 15.9. The molecule has 0 unspecified atom stereocenters. The number of pyridine rings is 3. The van der Waals surface area contributed by atoms with Gasteiger partial charge in [-0.3, -0.25) is 0 Å². The van der Waals surface area contributed by atoms with Crippen LogP contribution >= 0.6 is 0 Å². The lowest BCUT2D eigenvalue weighted by atomic mass is 9.94. The Balaban J connectivity index is 0.000000187. The number of fused-ring (bicyclic) bond motifs is 3. The summed E-state index contributed by atoms with van der Waals surface area (Å²) in [5, 5.41) is 14.5. The van der Waals surface area contributed by atoms with Crippen LogP contribution in [0.3, 0.4) is 0 Å². The van der Waals surface area contributed by atoms with Crippen LogP contribution in [0.2, 0.25) is 49.9 Å². The zero-order valence-electron chi connectivity index (χ0n) is 60.2. The van der Waals surface area contributed by atoms with Crippen molar-refractivity contribution in [2.24, 2.45) is 21.1 Å². The molecular weight excluding hydrogens is 1100 g/mol. The molecule has 0 saturated carbocycles. The van der Waals surface area contributed by atoms with Gasteiger partial charge in [0.25, 0.3) is 0 Å². The zero-order valence-corrected chi connectivity index (χ0v) is 63.2. The molecule has 6 aromatic carbocycles. The second-order valence-corrected chi connectivity index (χ2v) is 50.5.